The highest BCUT2D eigenvalue weighted by atomic mass is 35.5. The van der Waals surface area contributed by atoms with Crippen LogP contribution < -0.4 is 10.2 Å². The van der Waals surface area contributed by atoms with E-state index in [0.717, 1.165) is 36.7 Å². The Kier molecular flexibility index (Phi) is 6.55. The van der Waals surface area contributed by atoms with Crippen molar-refractivity contribution >= 4 is 34.9 Å². The van der Waals surface area contributed by atoms with Gasteiger partial charge in [0.1, 0.15) is 5.82 Å². The predicted octanol–water partition coefficient (Wildman–Crippen LogP) is 5.84. The number of pyridine rings is 1. The van der Waals surface area contributed by atoms with Gasteiger partial charge in [0, 0.05) is 42.0 Å². The van der Waals surface area contributed by atoms with Crippen LogP contribution in [0.1, 0.15) is 26.3 Å². The number of benzene rings is 1. The number of nitrogens with one attached hydrogen (secondary N) is 1. The molecule has 1 N–H and O–H groups in total. The summed E-state index contributed by atoms with van der Waals surface area (Å²) in [5.74, 6) is 0.850. The summed E-state index contributed by atoms with van der Waals surface area (Å²) in [6, 6.07) is 8.80. The van der Waals surface area contributed by atoms with Crippen LogP contribution in [0, 0.1) is 0 Å². The van der Waals surface area contributed by atoms with Gasteiger partial charge in [-0.25, -0.2) is 4.98 Å². The summed E-state index contributed by atoms with van der Waals surface area (Å²) in [6.45, 7) is 9.32. The van der Waals surface area contributed by atoms with Crippen molar-refractivity contribution in [3.8, 4) is 0 Å². The van der Waals surface area contributed by atoms with Gasteiger partial charge in [-0.15, -0.1) is 0 Å². The molecule has 2 aromatic rings. The molecule has 1 aromatic heterocycles. The van der Waals surface area contributed by atoms with E-state index >= 15 is 0 Å². The summed E-state index contributed by atoms with van der Waals surface area (Å²) in [5, 5.41) is 3.34. The van der Waals surface area contributed by atoms with Crippen LogP contribution in [-0.4, -0.2) is 40.7 Å². The minimum absolute atomic E-state index is 0.0194. The fourth-order valence-corrected chi connectivity index (χ4v) is 4.25. The molecule has 0 radical (unpaired) electrons. The van der Waals surface area contributed by atoms with Gasteiger partial charge < -0.3 is 10.2 Å². The van der Waals surface area contributed by atoms with Gasteiger partial charge in [0.2, 0.25) is 0 Å². The molecule has 1 aliphatic rings. The maximum atomic E-state index is 12.6. The number of hydrogen-bond acceptors (Lipinski definition) is 5. The van der Waals surface area contributed by atoms with Gasteiger partial charge in [-0.3, -0.25) is 4.90 Å². The fourth-order valence-electron chi connectivity index (χ4n) is 3.42. The molecule has 1 aliphatic heterocycles. The molecule has 1 saturated heterocycles. The van der Waals surface area contributed by atoms with E-state index in [9.17, 15) is 13.2 Å². The number of aromatic nitrogens is 1. The Morgan fingerprint density at radius 3 is 2.66 bits per heavy atom. The number of hydrogen-bond donors (Lipinski definition) is 1. The third-order valence-electron chi connectivity index (χ3n) is 4.84. The van der Waals surface area contributed by atoms with Gasteiger partial charge in [0.25, 0.3) is 0 Å². The Bertz CT molecular complexity index is 860. The number of anilines is 2. The predicted molar refractivity (Wildman–Crippen MR) is 114 cm³/mol. The number of alkyl halides is 3. The fraction of sp³-hybridized carbons (Fsp3) is 0.450. The van der Waals surface area contributed by atoms with E-state index in [2.05, 4.69) is 33.9 Å². The summed E-state index contributed by atoms with van der Waals surface area (Å²) in [7, 11) is 0. The van der Waals surface area contributed by atoms with Gasteiger partial charge >= 0.3 is 5.51 Å². The second-order valence-corrected chi connectivity index (χ2v) is 9.11. The Labute approximate surface area is 178 Å². The molecule has 4 nitrogen and oxygen atoms in total. The van der Waals surface area contributed by atoms with Crippen LogP contribution in [-0.2, 0) is 6.54 Å². The Hall–Kier alpha value is -1.64. The van der Waals surface area contributed by atoms with Crippen LogP contribution >= 0.6 is 23.4 Å². The van der Waals surface area contributed by atoms with E-state index in [4.69, 9.17) is 11.6 Å². The molecule has 29 heavy (non-hydrogen) atoms. The summed E-state index contributed by atoms with van der Waals surface area (Å²) >= 11 is 5.94. The molecule has 1 aromatic carbocycles. The van der Waals surface area contributed by atoms with Crippen molar-refractivity contribution in [3.05, 3.63) is 47.1 Å². The molecule has 0 unspecified atom stereocenters. The standard InChI is InChI=1S/C20H24ClF3N4S/c1-4-25-18-9-14(7-8-26-18)11-28-13-27(12-19(28,2)3)15-5-6-17(16(21)10-15)29-20(22,23)24/h5-10H,4,11-13H2,1-3H3,(H,25,26). The topological polar surface area (TPSA) is 31.4 Å². The van der Waals surface area contributed by atoms with Crippen molar-refractivity contribution < 1.29 is 13.2 Å². The van der Waals surface area contributed by atoms with Crippen LogP contribution in [0.25, 0.3) is 0 Å². The molecule has 0 amide bonds. The number of nitrogens with zero attached hydrogens (tertiary/aromatic N) is 3. The molecular weight excluding hydrogens is 421 g/mol. The first-order valence-corrected chi connectivity index (χ1v) is 10.5. The molecular formula is C20H24ClF3N4S. The lowest BCUT2D eigenvalue weighted by Crippen LogP contribution is -2.39. The smallest absolute Gasteiger partial charge is 0.370 e. The largest absolute Gasteiger partial charge is 0.446 e. The van der Waals surface area contributed by atoms with Crippen molar-refractivity contribution in [2.75, 3.05) is 30.0 Å². The quantitative estimate of drug-likeness (QED) is 0.566. The van der Waals surface area contributed by atoms with Crippen LogP contribution in [0.15, 0.2) is 41.4 Å². The normalized spacial score (nSPS) is 17.0. The van der Waals surface area contributed by atoms with Crippen LogP contribution in [0.5, 0.6) is 0 Å². The summed E-state index contributed by atoms with van der Waals surface area (Å²) in [4.78, 5) is 8.81. The molecule has 158 valence electrons. The van der Waals surface area contributed by atoms with Gasteiger partial charge in [0.05, 0.1) is 11.7 Å². The minimum Gasteiger partial charge on any atom is -0.370 e. The molecule has 2 heterocycles. The molecule has 0 bridgehead atoms. The van der Waals surface area contributed by atoms with Gasteiger partial charge in [-0.05, 0) is 68.4 Å². The van der Waals surface area contributed by atoms with E-state index in [1.165, 1.54) is 6.07 Å². The number of rotatable bonds is 6. The van der Waals surface area contributed by atoms with E-state index < -0.39 is 5.51 Å². The first-order chi connectivity index (χ1) is 13.6. The highest BCUT2D eigenvalue weighted by Crippen LogP contribution is 2.42. The second-order valence-electron chi connectivity index (χ2n) is 7.59. The summed E-state index contributed by atoms with van der Waals surface area (Å²) in [5.41, 5.74) is -2.48. The van der Waals surface area contributed by atoms with E-state index in [-0.39, 0.29) is 27.2 Å². The van der Waals surface area contributed by atoms with Gasteiger partial charge in [-0.2, -0.15) is 13.2 Å². The molecule has 0 spiro atoms. The van der Waals surface area contributed by atoms with Crippen molar-refractivity contribution in [2.24, 2.45) is 0 Å². The average molecular weight is 445 g/mol. The zero-order valence-corrected chi connectivity index (χ0v) is 18.1. The number of thioether (sulfide) groups is 1. The molecule has 0 saturated carbocycles. The molecule has 3 rings (SSSR count). The third-order valence-corrected chi connectivity index (χ3v) is 6.07. The minimum atomic E-state index is -4.35. The van der Waals surface area contributed by atoms with Crippen LogP contribution in [0.4, 0.5) is 24.7 Å². The van der Waals surface area contributed by atoms with Crippen LogP contribution in [0.2, 0.25) is 5.02 Å². The first-order valence-electron chi connectivity index (χ1n) is 9.31. The average Bonchev–Trinajstić information content (AvgIpc) is 2.91. The summed E-state index contributed by atoms with van der Waals surface area (Å²) < 4.78 is 37.9. The van der Waals surface area contributed by atoms with E-state index in [0.29, 0.717) is 6.67 Å². The molecule has 0 atom stereocenters. The lowest BCUT2D eigenvalue weighted by atomic mass is 10.0. The van der Waals surface area contributed by atoms with Crippen LogP contribution in [0.3, 0.4) is 0 Å². The Morgan fingerprint density at radius 2 is 2.00 bits per heavy atom. The Morgan fingerprint density at radius 1 is 1.24 bits per heavy atom. The highest BCUT2D eigenvalue weighted by Gasteiger charge is 2.37. The van der Waals surface area contributed by atoms with Crippen molar-refractivity contribution in [3.63, 3.8) is 0 Å². The summed E-state index contributed by atoms with van der Waals surface area (Å²) in [6.07, 6.45) is 1.80. The second kappa shape index (κ2) is 8.62. The van der Waals surface area contributed by atoms with E-state index in [1.807, 2.05) is 19.1 Å². The van der Waals surface area contributed by atoms with Crippen molar-refractivity contribution in [2.45, 2.75) is 43.3 Å². The van der Waals surface area contributed by atoms with E-state index in [1.54, 1.807) is 18.3 Å². The zero-order chi connectivity index (χ0) is 21.2. The lowest BCUT2D eigenvalue weighted by Gasteiger charge is -2.29. The molecule has 1 fully saturated rings. The Balaban J connectivity index is 1.74. The maximum absolute atomic E-state index is 12.6. The monoisotopic (exact) mass is 444 g/mol. The van der Waals surface area contributed by atoms with Crippen molar-refractivity contribution in [1.29, 1.82) is 0 Å². The molecule has 0 aliphatic carbocycles. The SMILES string of the molecule is CCNc1cc(CN2CN(c3ccc(SC(F)(F)F)c(Cl)c3)CC2(C)C)ccn1. The molecule has 9 heteroatoms. The van der Waals surface area contributed by atoms with Gasteiger partial charge in [-0.1, -0.05) is 11.6 Å². The first kappa shape index (κ1) is 22.1. The third kappa shape index (κ3) is 5.71. The maximum Gasteiger partial charge on any atom is 0.446 e. The lowest BCUT2D eigenvalue weighted by molar-refractivity contribution is -0.0328. The van der Waals surface area contributed by atoms with Gasteiger partial charge in [0.15, 0.2) is 0 Å². The highest BCUT2D eigenvalue weighted by molar-refractivity contribution is 8.00. The zero-order valence-electron chi connectivity index (χ0n) is 16.6. The number of halogens is 4. The van der Waals surface area contributed by atoms with Crippen molar-refractivity contribution in [1.82, 2.24) is 9.88 Å².